The molecule has 2 rings (SSSR count). The molecule has 0 aromatic carbocycles. The van der Waals surface area contributed by atoms with Gasteiger partial charge in [-0.25, -0.2) is 4.98 Å². The number of aromatic nitrogens is 1. The van der Waals surface area contributed by atoms with Gasteiger partial charge in [0.15, 0.2) is 5.75 Å². The van der Waals surface area contributed by atoms with Crippen molar-refractivity contribution in [1.29, 1.82) is 5.26 Å². The number of halogens is 1. The average molecular weight is 239 g/mol. The number of rotatable bonds is 2. The van der Waals surface area contributed by atoms with Crippen LogP contribution < -0.4 is 4.74 Å². The second kappa shape index (κ2) is 3.35. The van der Waals surface area contributed by atoms with E-state index in [1.165, 1.54) is 0 Å². The van der Waals surface area contributed by atoms with Gasteiger partial charge >= 0.3 is 0 Å². The molecule has 0 saturated heterocycles. The Kier molecular flexibility index (Phi) is 2.19. The van der Waals surface area contributed by atoms with Gasteiger partial charge in [-0.2, -0.15) is 5.26 Å². The zero-order valence-electron chi connectivity index (χ0n) is 6.83. The minimum atomic E-state index is 0.301. The second-order valence-corrected chi connectivity index (χ2v) is 3.74. The van der Waals surface area contributed by atoms with Crippen LogP contribution in [-0.2, 0) is 0 Å². The van der Waals surface area contributed by atoms with Crippen LogP contribution in [0.2, 0.25) is 0 Å². The van der Waals surface area contributed by atoms with Gasteiger partial charge in [-0.05, 0) is 34.8 Å². The number of nitrogens with zero attached hydrogens (tertiary/aromatic N) is 2. The summed E-state index contributed by atoms with van der Waals surface area (Å²) < 4.78 is 6.16. The van der Waals surface area contributed by atoms with Gasteiger partial charge in [0.25, 0.3) is 0 Å². The van der Waals surface area contributed by atoms with Gasteiger partial charge in [-0.15, -0.1) is 0 Å². The molecule has 0 unspecified atom stereocenters. The molecule has 1 aromatic heterocycles. The van der Waals surface area contributed by atoms with Crippen LogP contribution in [0.5, 0.6) is 5.75 Å². The van der Waals surface area contributed by atoms with E-state index in [1.54, 1.807) is 12.3 Å². The van der Waals surface area contributed by atoms with Crippen molar-refractivity contribution in [1.82, 2.24) is 4.98 Å². The molecular weight excluding hydrogens is 232 g/mol. The fourth-order valence-electron chi connectivity index (χ4n) is 0.964. The van der Waals surface area contributed by atoms with Crippen LogP contribution in [0.4, 0.5) is 0 Å². The fraction of sp³-hybridized carbons (Fsp3) is 0.333. The summed E-state index contributed by atoms with van der Waals surface area (Å²) in [6, 6.07) is 3.74. The molecule has 1 aliphatic carbocycles. The molecule has 0 spiro atoms. The van der Waals surface area contributed by atoms with Crippen LogP contribution in [0.15, 0.2) is 16.9 Å². The van der Waals surface area contributed by atoms with Crippen molar-refractivity contribution in [2.24, 2.45) is 0 Å². The van der Waals surface area contributed by atoms with Crippen molar-refractivity contribution in [2.75, 3.05) is 0 Å². The van der Waals surface area contributed by atoms with Crippen molar-refractivity contribution < 1.29 is 4.74 Å². The largest absolute Gasteiger partial charge is 0.487 e. The third kappa shape index (κ3) is 1.99. The molecule has 1 heterocycles. The summed E-state index contributed by atoms with van der Waals surface area (Å²) in [6.45, 7) is 0. The maximum atomic E-state index is 8.80. The minimum absolute atomic E-state index is 0.301. The lowest BCUT2D eigenvalue weighted by Crippen LogP contribution is -1.98. The van der Waals surface area contributed by atoms with Crippen molar-refractivity contribution in [3.63, 3.8) is 0 Å². The highest BCUT2D eigenvalue weighted by molar-refractivity contribution is 9.10. The molecule has 66 valence electrons. The summed E-state index contributed by atoms with van der Waals surface area (Å²) >= 11 is 3.20. The summed E-state index contributed by atoms with van der Waals surface area (Å²) in [5.41, 5.74) is 0.536. The van der Waals surface area contributed by atoms with Gasteiger partial charge < -0.3 is 4.74 Å². The summed E-state index contributed by atoms with van der Waals surface area (Å²) in [5, 5.41) is 8.80. The molecule has 0 aliphatic heterocycles. The molecule has 4 heteroatoms. The molecule has 0 amide bonds. The Bertz CT molecular complexity index is 368. The zero-order chi connectivity index (χ0) is 9.26. The highest BCUT2D eigenvalue weighted by atomic mass is 79.9. The van der Waals surface area contributed by atoms with E-state index in [2.05, 4.69) is 27.0 Å². The Morgan fingerprint density at radius 2 is 2.38 bits per heavy atom. The van der Waals surface area contributed by atoms with Gasteiger partial charge in [0.2, 0.25) is 0 Å². The topological polar surface area (TPSA) is 45.9 Å². The van der Waals surface area contributed by atoms with Gasteiger partial charge in [-0.3, -0.25) is 0 Å². The standard InChI is InChI=1S/C9H7BrN2O/c10-9-3-6(4-11)8(5-12-9)13-7-1-2-7/h3,5,7H,1-2H2. The SMILES string of the molecule is N#Cc1cc(Br)ncc1OC1CC1. The van der Waals surface area contributed by atoms with Crippen molar-refractivity contribution in [3.05, 3.63) is 22.4 Å². The Morgan fingerprint density at radius 3 is 3.00 bits per heavy atom. The van der Waals surface area contributed by atoms with Gasteiger partial charge in [0, 0.05) is 0 Å². The lowest BCUT2D eigenvalue weighted by molar-refractivity contribution is 0.301. The van der Waals surface area contributed by atoms with Crippen molar-refractivity contribution in [3.8, 4) is 11.8 Å². The van der Waals surface area contributed by atoms with E-state index in [4.69, 9.17) is 10.00 Å². The first kappa shape index (κ1) is 8.52. The van der Waals surface area contributed by atoms with E-state index in [9.17, 15) is 0 Å². The maximum Gasteiger partial charge on any atom is 0.155 e. The highest BCUT2D eigenvalue weighted by Crippen LogP contribution is 2.29. The number of pyridine rings is 1. The van der Waals surface area contributed by atoms with Crippen LogP contribution in [0.25, 0.3) is 0 Å². The van der Waals surface area contributed by atoms with Gasteiger partial charge in [-0.1, -0.05) is 0 Å². The van der Waals surface area contributed by atoms with E-state index in [-0.39, 0.29) is 0 Å². The monoisotopic (exact) mass is 238 g/mol. The van der Waals surface area contributed by atoms with Crippen LogP contribution in [0.3, 0.4) is 0 Å². The van der Waals surface area contributed by atoms with Crippen molar-refractivity contribution >= 4 is 15.9 Å². The summed E-state index contributed by atoms with van der Waals surface area (Å²) in [4.78, 5) is 4.01. The second-order valence-electron chi connectivity index (χ2n) is 2.93. The summed E-state index contributed by atoms with van der Waals surface area (Å²) in [6.07, 6.45) is 4.05. The zero-order valence-corrected chi connectivity index (χ0v) is 8.41. The fourth-order valence-corrected chi connectivity index (χ4v) is 1.30. The Hall–Kier alpha value is -1.08. The predicted octanol–water partition coefficient (Wildman–Crippen LogP) is 2.26. The Labute approximate surface area is 84.5 Å². The molecule has 0 radical (unpaired) electrons. The first-order valence-electron chi connectivity index (χ1n) is 4.02. The minimum Gasteiger partial charge on any atom is -0.487 e. The highest BCUT2D eigenvalue weighted by Gasteiger charge is 2.24. The van der Waals surface area contributed by atoms with Crippen LogP contribution in [-0.4, -0.2) is 11.1 Å². The quantitative estimate of drug-likeness (QED) is 0.743. The molecule has 1 fully saturated rings. The van der Waals surface area contributed by atoms with E-state index in [1.807, 2.05) is 0 Å². The first-order chi connectivity index (χ1) is 6.29. The van der Waals surface area contributed by atoms with Crippen LogP contribution in [0, 0.1) is 11.3 Å². The van der Waals surface area contributed by atoms with E-state index in [0.29, 0.717) is 22.0 Å². The molecule has 0 bridgehead atoms. The van der Waals surface area contributed by atoms with Crippen molar-refractivity contribution in [2.45, 2.75) is 18.9 Å². The molecule has 3 nitrogen and oxygen atoms in total. The molecule has 0 atom stereocenters. The molecule has 0 N–H and O–H groups in total. The number of nitriles is 1. The molecule has 13 heavy (non-hydrogen) atoms. The third-order valence-corrected chi connectivity index (χ3v) is 2.21. The molecular formula is C9H7BrN2O. The van der Waals surface area contributed by atoms with Crippen LogP contribution >= 0.6 is 15.9 Å². The first-order valence-corrected chi connectivity index (χ1v) is 4.81. The van der Waals surface area contributed by atoms with Crippen LogP contribution in [0.1, 0.15) is 18.4 Å². The lowest BCUT2D eigenvalue weighted by Gasteiger charge is -2.04. The predicted molar refractivity (Wildman–Crippen MR) is 50.3 cm³/mol. The number of hydrogen-bond donors (Lipinski definition) is 0. The smallest absolute Gasteiger partial charge is 0.155 e. The summed E-state index contributed by atoms with van der Waals surface area (Å²) in [5.74, 6) is 0.591. The number of ether oxygens (including phenoxy) is 1. The maximum absolute atomic E-state index is 8.80. The molecule has 1 aliphatic rings. The van der Waals surface area contributed by atoms with E-state index in [0.717, 1.165) is 12.8 Å². The summed E-state index contributed by atoms with van der Waals surface area (Å²) in [7, 11) is 0. The molecule has 1 saturated carbocycles. The number of hydrogen-bond acceptors (Lipinski definition) is 3. The van der Waals surface area contributed by atoms with Gasteiger partial charge in [0.1, 0.15) is 10.7 Å². The third-order valence-electron chi connectivity index (χ3n) is 1.77. The lowest BCUT2D eigenvalue weighted by atomic mass is 10.3. The van der Waals surface area contributed by atoms with Gasteiger partial charge in [0.05, 0.1) is 17.9 Å². The van der Waals surface area contributed by atoms with E-state index < -0.39 is 0 Å². The van der Waals surface area contributed by atoms with E-state index >= 15 is 0 Å². The Balaban J connectivity index is 2.27. The molecule has 1 aromatic rings. The normalized spacial score (nSPS) is 15.1. The average Bonchev–Trinajstić information content (AvgIpc) is 2.92. The Morgan fingerprint density at radius 1 is 1.62 bits per heavy atom.